The SMILES string of the molecule is CC(=O)NC(CCC(N)=O)C(=O)Nc1ccc2c(=O)c(C(=O)n3ccnc3)c[nH]c2c1. The van der Waals surface area contributed by atoms with Crippen LogP contribution in [0.3, 0.4) is 0 Å². The van der Waals surface area contributed by atoms with Crippen LogP contribution in [0.2, 0.25) is 0 Å². The maximum atomic E-state index is 12.7. The van der Waals surface area contributed by atoms with E-state index in [1.807, 2.05) is 0 Å². The molecule has 2 aromatic heterocycles. The van der Waals surface area contributed by atoms with Crippen molar-refractivity contribution >= 4 is 40.2 Å². The van der Waals surface area contributed by atoms with Crippen molar-refractivity contribution in [1.29, 1.82) is 0 Å². The average molecular weight is 424 g/mol. The van der Waals surface area contributed by atoms with Crippen LogP contribution in [0.1, 0.15) is 30.1 Å². The van der Waals surface area contributed by atoms with Crippen LogP contribution >= 0.6 is 0 Å². The first-order chi connectivity index (χ1) is 14.8. The summed E-state index contributed by atoms with van der Waals surface area (Å²) in [5, 5.41) is 5.37. The van der Waals surface area contributed by atoms with Gasteiger partial charge in [-0.3, -0.25) is 28.5 Å². The highest BCUT2D eigenvalue weighted by Gasteiger charge is 2.21. The van der Waals surface area contributed by atoms with Crippen molar-refractivity contribution in [2.45, 2.75) is 25.8 Å². The molecule has 3 amide bonds. The summed E-state index contributed by atoms with van der Waals surface area (Å²) in [6, 6.07) is 3.55. The van der Waals surface area contributed by atoms with Gasteiger partial charge in [0.15, 0.2) is 0 Å². The molecule has 0 spiro atoms. The lowest BCUT2D eigenvalue weighted by atomic mass is 10.1. The van der Waals surface area contributed by atoms with Crippen molar-refractivity contribution in [3.05, 3.63) is 58.9 Å². The molecule has 3 aromatic rings. The number of nitrogens with one attached hydrogen (secondary N) is 3. The Bertz CT molecular complexity index is 1210. The Morgan fingerprint density at radius 2 is 2.03 bits per heavy atom. The monoisotopic (exact) mass is 424 g/mol. The first-order valence-electron chi connectivity index (χ1n) is 9.30. The fraction of sp³-hybridized carbons (Fsp3) is 0.200. The molecule has 0 saturated heterocycles. The second kappa shape index (κ2) is 9.03. The lowest BCUT2D eigenvalue weighted by Crippen LogP contribution is -2.43. The summed E-state index contributed by atoms with van der Waals surface area (Å²) in [5.41, 5.74) is 5.35. The van der Waals surface area contributed by atoms with Crippen LogP contribution in [0.5, 0.6) is 0 Å². The molecule has 1 atom stereocenters. The number of pyridine rings is 1. The summed E-state index contributed by atoms with van der Waals surface area (Å²) in [6.45, 7) is 1.26. The zero-order chi connectivity index (χ0) is 22.5. The fourth-order valence-corrected chi connectivity index (χ4v) is 3.01. The lowest BCUT2D eigenvalue weighted by molar-refractivity contribution is -0.126. The summed E-state index contributed by atoms with van der Waals surface area (Å²) in [6.07, 6.45) is 5.44. The minimum Gasteiger partial charge on any atom is -0.370 e. The van der Waals surface area contributed by atoms with E-state index in [9.17, 15) is 24.0 Å². The number of aromatic nitrogens is 3. The number of nitrogens with two attached hydrogens (primary N) is 1. The molecule has 11 heteroatoms. The Hall–Kier alpha value is -4.28. The highest BCUT2D eigenvalue weighted by Crippen LogP contribution is 2.16. The van der Waals surface area contributed by atoms with E-state index in [0.717, 1.165) is 0 Å². The maximum Gasteiger partial charge on any atom is 0.268 e. The van der Waals surface area contributed by atoms with Crippen LogP contribution < -0.4 is 21.8 Å². The molecule has 2 heterocycles. The Kier molecular flexibility index (Phi) is 6.24. The van der Waals surface area contributed by atoms with Crippen molar-refractivity contribution < 1.29 is 19.2 Å². The third kappa shape index (κ3) is 5.01. The number of hydrogen-bond acceptors (Lipinski definition) is 6. The highest BCUT2D eigenvalue weighted by molar-refractivity contribution is 6.00. The average Bonchev–Trinajstić information content (AvgIpc) is 3.25. The van der Waals surface area contributed by atoms with Gasteiger partial charge in [0.05, 0.1) is 5.52 Å². The van der Waals surface area contributed by atoms with Crippen molar-refractivity contribution in [2.75, 3.05) is 5.32 Å². The van der Waals surface area contributed by atoms with E-state index in [4.69, 9.17) is 5.73 Å². The number of H-pyrrole nitrogens is 1. The molecule has 1 unspecified atom stereocenters. The number of carbonyl (C=O) groups is 4. The lowest BCUT2D eigenvalue weighted by Gasteiger charge is -2.17. The Morgan fingerprint density at radius 1 is 1.26 bits per heavy atom. The second-order valence-electron chi connectivity index (χ2n) is 6.81. The topological polar surface area (TPSA) is 169 Å². The molecule has 0 fully saturated rings. The number of imidazole rings is 1. The second-order valence-corrected chi connectivity index (χ2v) is 6.81. The van der Waals surface area contributed by atoms with Gasteiger partial charge >= 0.3 is 0 Å². The van der Waals surface area contributed by atoms with Crippen LogP contribution in [-0.2, 0) is 14.4 Å². The molecule has 160 valence electrons. The van der Waals surface area contributed by atoms with Crippen LogP contribution in [0.15, 0.2) is 47.9 Å². The molecule has 3 rings (SSSR count). The third-order valence-electron chi connectivity index (χ3n) is 4.49. The number of amides is 3. The minimum atomic E-state index is -0.949. The van der Waals surface area contributed by atoms with Gasteiger partial charge in [0, 0.05) is 43.0 Å². The largest absolute Gasteiger partial charge is 0.370 e. The molecule has 0 aliphatic heterocycles. The Labute approximate surface area is 175 Å². The van der Waals surface area contributed by atoms with Gasteiger partial charge in [-0.15, -0.1) is 0 Å². The molecule has 5 N–H and O–H groups in total. The van der Waals surface area contributed by atoms with Crippen LogP contribution in [-0.4, -0.2) is 44.2 Å². The molecule has 1 aromatic carbocycles. The highest BCUT2D eigenvalue weighted by atomic mass is 16.2. The number of rotatable bonds is 7. The van der Waals surface area contributed by atoms with Gasteiger partial charge in [-0.2, -0.15) is 0 Å². The number of anilines is 1. The number of fused-ring (bicyclic) bond motifs is 1. The number of hydrogen-bond donors (Lipinski definition) is 4. The predicted octanol–water partition coefficient (Wildman–Crippen LogP) is 0.122. The molecule has 31 heavy (non-hydrogen) atoms. The molecule has 0 aliphatic carbocycles. The number of aromatic amines is 1. The van der Waals surface area contributed by atoms with Gasteiger partial charge < -0.3 is 21.4 Å². The number of nitrogens with zero attached hydrogens (tertiary/aromatic N) is 2. The fourth-order valence-electron chi connectivity index (χ4n) is 3.01. The van der Waals surface area contributed by atoms with E-state index in [0.29, 0.717) is 11.2 Å². The normalized spacial score (nSPS) is 11.6. The summed E-state index contributed by atoms with van der Waals surface area (Å²) in [7, 11) is 0. The molecule has 11 nitrogen and oxygen atoms in total. The van der Waals surface area contributed by atoms with Gasteiger partial charge in [-0.25, -0.2) is 4.98 Å². The van der Waals surface area contributed by atoms with Crippen LogP contribution in [0, 0.1) is 0 Å². The first-order valence-corrected chi connectivity index (χ1v) is 9.30. The van der Waals surface area contributed by atoms with Gasteiger partial charge in [-0.05, 0) is 24.6 Å². The van der Waals surface area contributed by atoms with Crippen molar-refractivity contribution in [3.8, 4) is 0 Å². The van der Waals surface area contributed by atoms with Crippen molar-refractivity contribution in [2.24, 2.45) is 5.73 Å². The van der Waals surface area contributed by atoms with E-state index >= 15 is 0 Å². The maximum absolute atomic E-state index is 12.7. The van der Waals surface area contributed by atoms with Crippen molar-refractivity contribution in [3.63, 3.8) is 0 Å². The zero-order valence-corrected chi connectivity index (χ0v) is 16.5. The minimum absolute atomic E-state index is 0.0465. The molecular formula is C20H20N6O5. The molecule has 0 bridgehead atoms. The number of carbonyl (C=O) groups excluding carboxylic acids is 4. The van der Waals surface area contributed by atoms with Gasteiger partial charge in [-0.1, -0.05) is 0 Å². The van der Waals surface area contributed by atoms with Crippen molar-refractivity contribution in [1.82, 2.24) is 19.9 Å². The van der Waals surface area contributed by atoms with E-state index in [-0.39, 0.29) is 23.8 Å². The van der Waals surface area contributed by atoms with Gasteiger partial charge in [0.1, 0.15) is 17.9 Å². The molecule has 0 aliphatic rings. The van der Waals surface area contributed by atoms with Crippen LogP contribution in [0.4, 0.5) is 5.69 Å². The smallest absolute Gasteiger partial charge is 0.268 e. The number of primary amides is 1. The first kappa shape index (κ1) is 21.4. The van der Waals surface area contributed by atoms with Gasteiger partial charge in [0.2, 0.25) is 23.2 Å². The molecule has 0 saturated carbocycles. The Morgan fingerprint density at radius 3 is 2.68 bits per heavy atom. The number of benzene rings is 1. The summed E-state index contributed by atoms with van der Waals surface area (Å²) < 4.78 is 1.19. The third-order valence-corrected chi connectivity index (χ3v) is 4.49. The van der Waals surface area contributed by atoms with E-state index in [2.05, 4.69) is 20.6 Å². The predicted molar refractivity (Wildman–Crippen MR) is 111 cm³/mol. The van der Waals surface area contributed by atoms with E-state index in [1.54, 1.807) is 0 Å². The molecular weight excluding hydrogens is 404 g/mol. The van der Waals surface area contributed by atoms with E-state index in [1.165, 1.54) is 54.6 Å². The van der Waals surface area contributed by atoms with E-state index < -0.39 is 35.1 Å². The summed E-state index contributed by atoms with van der Waals surface area (Å²) in [5.74, 6) is -2.08. The van der Waals surface area contributed by atoms with Crippen LogP contribution in [0.25, 0.3) is 10.9 Å². The van der Waals surface area contributed by atoms with Gasteiger partial charge in [0.25, 0.3) is 5.91 Å². The standard InChI is InChI=1S/C20H20N6O5/c1-11(27)24-15(4-5-17(21)28)19(30)25-12-2-3-13-16(8-12)23-9-14(18(13)29)20(31)26-7-6-22-10-26/h2-3,6-10,15H,4-5H2,1H3,(H2,21,28)(H,23,29)(H,24,27)(H,25,30). The summed E-state index contributed by atoms with van der Waals surface area (Å²) >= 11 is 0. The summed E-state index contributed by atoms with van der Waals surface area (Å²) in [4.78, 5) is 66.7. The zero-order valence-electron chi connectivity index (χ0n) is 16.5. The Balaban J connectivity index is 1.83. The molecule has 0 radical (unpaired) electrons. The quantitative estimate of drug-likeness (QED) is 0.420.